The number of allylic oxidation sites excluding steroid dienone is 2. The van der Waals surface area contributed by atoms with Gasteiger partial charge in [-0.25, -0.2) is 0 Å². The fraction of sp³-hybridized carbons (Fsp3) is 0.867. The molecule has 3 rings (SSSR count). The van der Waals surface area contributed by atoms with Crippen LogP contribution in [-0.4, -0.2) is 37.5 Å². The summed E-state index contributed by atoms with van der Waals surface area (Å²) in [6, 6.07) is 0. The summed E-state index contributed by atoms with van der Waals surface area (Å²) in [6.45, 7) is 3.46. The largest absolute Gasteiger partial charge is 0.392 e. The molecule has 2 fully saturated rings. The van der Waals surface area contributed by atoms with Crippen LogP contribution in [0.4, 0.5) is 0 Å². The van der Waals surface area contributed by atoms with Gasteiger partial charge in [-0.3, -0.25) is 0 Å². The molecule has 4 atom stereocenters. The van der Waals surface area contributed by atoms with Crippen molar-refractivity contribution in [3.8, 4) is 0 Å². The summed E-state index contributed by atoms with van der Waals surface area (Å²) in [4.78, 5) is 0. The van der Waals surface area contributed by atoms with Crippen LogP contribution in [0.1, 0.15) is 25.7 Å². The van der Waals surface area contributed by atoms with Crippen LogP contribution >= 0.6 is 0 Å². The number of ether oxygens (including phenoxy) is 1. The first-order chi connectivity index (χ1) is 8.83. The molecule has 1 saturated heterocycles. The van der Waals surface area contributed by atoms with Crippen molar-refractivity contribution in [2.45, 2.75) is 31.8 Å². The molecule has 2 aliphatic carbocycles. The van der Waals surface area contributed by atoms with Gasteiger partial charge in [0.2, 0.25) is 0 Å². The fourth-order valence-electron chi connectivity index (χ4n) is 3.81. The summed E-state index contributed by atoms with van der Waals surface area (Å²) in [5.41, 5.74) is 0. The molecule has 3 aliphatic rings. The molecule has 102 valence electrons. The lowest BCUT2D eigenvalue weighted by Crippen LogP contribution is -2.38. The van der Waals surface area contributed by atoms with Crippen LogP contribution in [0.25, 0.3) is 0 Å². The van der Waals surface area contributed by atoms with Gasteiger partial charge in [-0.05, 0) is 55.9 Å². The van der Waals surface area contributed by atoms with E-state index in [9.17, 15) is 5.11 Å². The predicted octanol–water partition coefficient (Wildman–Crippen LogP) is 1.58. The molecule has 0 radical (unpaired) electrons. The van der Waals surface area contributed by atoms with E-state index in [0.29, 0.717) is 5.92 Å². The van der Waals surface area contributed by atoms with E-state index in [2.05, 4.69) is 17.5 Å². The standard InChI is InChI=1S/C15H25NO2/c17-15(12-3-5-18-6-4-12)10-16-9-14-8-11-1-2-13(14)7-11/h1-2,11-17H,3-10H2/t11-,13-,14-,15-/m0/s1. The summed E-state index contributed by atoms with van der Waals surface area (Å²) in [5.74, 6) is 2.90. The zero-order valence-corrected chi connectivity index (χ0v) is 11.1. The monoisotopic (exact) mass is 251 g/mol. The maximum Gasteiger partial charge on any atom is 0.0694 e. The first-order valence-electron chi connectivity index (χ1n) is 7.48. The molecular weight excluding hydrogens is 226 g/mol. The highest BCUT2D eigenvalue weighted by Gasteiger charge is 2.35. The van der Waals surface area contributed by atoms with Crippen LogP contribution in [0.5, 0.6) is 0 Å². The minimum atomic E-state index is -0.192. The zero-order chi connectivity index (χ0) is 12.4. The summed E-state index contributed by atoms with van der Waals surface area (Å²) in [6.07, 6.45) is 9.34. The van der Waals surface area contributed by atoms with Crippen molar-refractivity contribution < 1.29 is 9.84 Å². The number of hydrogen-bond acceptors (Lipinski definition) is 3. The van der Waals surface area contributed by atoms with E-state index in [4.69, 9.17) is 4.74 Å². The van der Waals surface area contributed by atoms with Crippen molar-refractivity contribution in [3.05, 3.63) is 12.2 Å². The second kappa shape index (κ2) is 5.72. The maximum absolute atomic E-state index is 10.1. The van der Waals surface area contributed by atoms with Crippen LogP contribution in [0.3, 0.4) is 0 Å². The molecule has 3 nitrogen and oxygen atoms in total. The van der Waals surface area contributed by atoms with Crippen molar-refractivity contribution in [1.29, 1.82) is 0 Å². The summed E-state index contributed by atoms with van der Waals surface area (Å²) < 4.78 is 5.33. The molecule has 1 aliphatic heterocycles. The number of rotatable bonds is 5. The Hall–Kier alpha value is -0.380. The van der Waals surface area contributed by atoms with E-state index < -0.39 is 0 Å². The van der Waals surface area contributed by atoms with Crippen molar-refractivity contribution >= 4 is 0 Å². The van der Waals surface area contributed by atoms with Gasteiger partial charge in [0.05, 0.1) is 6.10 Å². The van der Waals surface area contributed by atoms with Crippen LogP contribution in [-0.2, 0) is 4.74 Å². The van der Waals surface area contributed by atoms with Gasteiger partial charge < -0.3 is 15.2 Å². The average molecular weight is 251 g/mol. The Kier molecular flexibility index (Phi) is 4.02. The molecule has 0 spiro atoms. The molecule has 0 aromatic carbocycles. The highest BCUT2D eigenvalue weighted by molar-refractivity contribution is 5.10. The van der Waals surface area contributed by atoms with Gasteiger partial charge >= 0.3 is 0 Å². The number of aliphatic hydroxyl groups excluding tert-OH is 1. The number of nitrogens with one attached hydrogen (secondary N) is 1. The van der Waals surface area contributed by atoms with Crippen molar-refractivity contribution in [2.75, 3.05) is 26.3 Å². The number of fused-ring (bicyclic) bond motifs is 2. The van der Waals surface area contributed by atoms with Gasteiger partial charge in [-0.2, -0.15) is 0 Å². The molecule has 0 aromatic heterocycles. The van der Waals surface area contributed by atoms with Crippen LogP contribution in [0.2, 0.25) is 0 Å². The molecule has 18 heavy (non-hydrogen) atoms. The summed E-state index contributed by atoms with van der Waals surface area (Å²) >= 11 is 0. The highest BCUT2D eigenvalue weighted by atomic mass is 16.5. The molecule has 1 heterocycles. The van der Waals surface area contributed by atoms with Crippen molar-refractivity contribution in [1.82, 2.24) is 5.32 Å². The van der Waals surface area contributed by atoms with E-state index in [1.54, 1.807) is 0 Å². The third-order valence-electron chi connectivity index (χ3n) is 4.99. The van der Waals surface area contributed by atoms with E-state index >= 15 is 0 Å². The van der Waals surface area contributed by atoms with E-state index in [1.807, 2.05) is 0 Å². The smallest absolute Gasteiger partial charge is 0.0694 e. The van der Waals surface area contributed by atoms with Gasteiger partial charge in [-0.15, -0.1) is 0 Å². The fourth-order valence-corrected chi connectivity index (χ4v) is 3.81. The Labute approximate surface area is 110 Å². The minimum absolute atomic E-state index is 0.192. The number of aliphatic hydroxyl groups is 1. The maximum atomic E-state index is 10.1. The Morgan fingerprint density at radius 3 is 2.72 bits per heavy atom. The lowest BCUT2D eigenvalue weighted by molar-refractivity contribution is 0.00824. The SMILES string of the molecule is O[C@@H](CNC[C@@H]1C[C@H]2C=C[C@H]1C2)C1CCOCC1. The quantitative estimate of drug-likeness (QED) is 0.729. The van der Waals surface area contributed by atoms with Crippen LogP contribution in [0, 0.1) is 23.7 Å². The summed E-state index contributed by atoms with van der Waals surface area (Å²) in [7, 11) is 0. The molecular formula is C15H25NO2. The third-order valence-corrected chi connectivity index (χ3v) is 4.99. The average Bonchev–Trinajstić information content (AvgIpc) is 3.02. The first-order valence-corrected chi connectivity index (χ1v) is 7.48. The Bertz CT molecular complexity index is 299. The van der Waals surface area contributed by atoms with Gasteiger partial charge in [-0.1, -0.05) is 12.2 Å². The van der Waals surface area contributed by atoms with Crippen LogP contribution < -0.4 is 5.32 Å². The minimum Gasteiger partial charge on any atom is -0.392 e. The molecule has 0 aromatic rings. The van der Waals surface area contributed by atoms with Gasteiger partial charge in [0, 0.05) is 19.8 Å². The van der Waals surface area contributed by atoms with Crippen molar-refractivity contribution in [2.24, 2.45) is 23.7 Å². The summed E-state index contributed by atoms with van der Waals surface area (Å²) in [5, 5.41) is 13.6. The van der Waals surface area contributed by atoms with Crippen molar-refractivity contribution in [3.63, 3.8) is 0 Å². The molecule has 2 bridgehead atoms. The Morgan fingerprint density at radius 2 is 2.06 bits per heavy atom. The van der Waals surface area contributed by atoms with Crippen LogP contribution in [0.15, 0.2) is 12.2 Å². The lowest BCUT2D eigenvalue weighted by Gasteiger charge is -2.27. The Balaban J connectivity index is 1.35. The molecule has 3 heteroatoms. The normalized spacial score (nSPS) is 37.3. The van der Waals surface area contributed by atoms with E-state index in [-0.39, 0.29) is 6.10 Å². The molecule has 1 saturated carbocycles. The molecule has 0 unspecified atom stereocenters. The molecule has 2 N–H and O–H groups in total. The van der Waals surface area contributed by atoms with Gasteiger partial charge in [0.1, 0.15) is 0 Å². The lowest BCUT2D eigenvalue weighted by atomic mass is 9.92. The predicted molar refractivity (Wildman–Crippen MR) is 71.3 cm³/mol. The van der Waals surface area contributed by atoms with Gasteiger partial charge in [0.25, 0.3) is 0 Å². The Morgan fingerprint density at radius 1 is 1.22 bits per heavy atom. The van der Waals surface area contributed by atoms with Gasteiger partial charge in [0.15, 0.2) is 0 Å². The van der Waals surface area contributed by atoms with E-state index in [1.165, 1.54) is 12.8 Å². The highest BCUT2D eigenvalue weighted by Crippen LogP contribution is 2.42. The second-order valence-electron chi connectivity index (χ2n) is 6.22. The van der Waals surface area contributed by atoms with E-state index in [0.717, 1.165) is 56.9 Å². The first kappa shape index (κ1) is 12.6. The zero-order valence-electron chi connectivity index (χ0n) is 11.1. The number of hydrogen-bond donors (Lipinski definition) is 2. The third kappa shape index (κ3) is 2.79. The second-order valence-corrected chi connectivity index (χ2v) is 6.22. The molecule has 0 amide bonds. The topological polar surface area (TPSA) is 41.5 Å².